The van der Waals surface area contributed by atoms with Crippen molar-refractivity contribution in [1.29, 1.82) is 0 Å². The summed E-state index contributed by atoms with van der Waals surface area (Å²) in [5.74, 6) is -1.15. The highest BCUT2D eigenvalue weighted by atomic mass is 16.4. The Kier molecular flexibility index (Phi) is 3.39. The van der Waals surface area contributed by atoms with Gasteiger partial charge in [0.2, 0.25) is 5.91 Å². The van der Waals surface area contributed by atoms with Crippen molar-refractivity contribution >= 4 is 17.7 Å². The minimum Gasteiger partial charge on any atom is -0.477 e. The van der Waals surface area contributed by atoms with Gasteiger partial charge in [-0.1, -0.05) is 5.11 Å². The third-order valence-corrected chi connectivity index (χ3v) is 3.00. The fourth-order valence-corrected chi connectivity index (χ4v) is 2.16. The zero-order chi connectivity index (χ0) is 14.0. The van der Waals surface area contributed by atoms with E-state index in [1.807, 2.05) is 0 Å². The maximum atomic E-state index is 11.9. The minimum absolute atomic E-state index is 0.0136. The largest absolute Gasteiger partial charge is 0.477 e. The number of hydrogen-bond acceptors (Lipinski definition) is 4. The first-order valence-electron chi connectivity index (χ1n) is 5.61. The van der Waals surface area contributed by atoms with Crippen LogP contribution in [-0.4, -0.2) is 39.9 Å². The van der Waals surface area contributed by atoms with Crippen LogP contribution in [-0.2, 0) is 11.8 Å². The van der Waals surface area contributed by atoms with Crippen LogP contribution in [0.2, 0.25) is 0 Å². The van der Waals surface area contributed by atoms with Crippen molar-refractivity contribution in [3.63, 3.8) is 0 Å². The van der Waals surface area contributed by atoms with Crippen LogP contribution in [0.4, 0.5) is 5.82 Å². The fourth-order valence-electron chi connectivity index (χ4n) is 2.16. The second-order valence-electron chi connectivity index (χ2n) is 4.30. The molecule has 0 aromatic carbocycles. The monoisotopic (exact) mass is 264 g/mol. The molecule has 2 heterocycles. The highest BCUT2D eigenvalue weighted by Crippen LogP contribution is 2.27. The predicted molar refractivity (Wildman–Crippen MR) is 64.6 cm³/mol. The maximum Gasteiger partial charge on any atom is 0.341 e. The van der Waals surface area contributed by atoms with E-state index in [1.165, 1.54) is 15.8 Å². The van der Waals surface area contributed by atoms with E-state index >= 15 is 0 Å². The summed E-state index contributed by atoms with van der Waals surface area (Å²) in [7, 11) is 1.58. The van der Waals surface area contributed by atoms with Crippen LogP contribution in [0.1, 0.15) is 16.8 Å². The molecular formula is C10H12N6O3. The number of aryl methyl sites for hydroxylation is 1. The summed E-state index contributed by atoms with van der Waals surface area (Å²) in [4.78, 5) is 27.1. The van der Waals surface area contributed by atoms with E-state index in [2.05, 4.69) is 15.1 Å². The van der Waals surface area contributed by atoms with E-state index in [9.17, 15) is 9.59 Å². The van der Waals surface area contributed by atoms with Crippen molar-refractivity contribution in [2.24, 2.45) is 18.1 Å². The van der Waals surface area contributed by atoms with Crippen molar-refractivity contribution in [2.75, 3.05) is 18.0 Å². The Morgan fingerprint density at radius 1 is 1.74 bits per heavy atom. The first kappa shape index (κ1) is 12.9. The standard InChI is InChI=1S/C10H12N6O3/c1-15-9(7(4-13-15)10(18)19)16-5-6(2-8(16)17)3-12-14-11/h4,6H,2-3,5H2,1H3,(H,18,19). The van der Waals surface area contributed by atoms with Gasteiger partial charge in [0.05, 0.1) is 6.20 Å². The van der Waals surface area contributed by atoms with E-state index in [-0.39, 0.29) is 36.2 Å². The van der Waals surface area contributed by atoms with Gasteiger partial charge in [-0.15, -0.1) is 0 Å². The average molecular weight is 264 g/mol. The van der Waals surface area contributed by atoms with Gasteiger partial charge >= 0.3 is 5.97 Å². The summed E-state index contributed by atoms with van der Waals surface area (Å²) >= 11 is 0. The fraction of sp³-hybridized carbons (Fsp3) is 0.500. The number of carboxylic acids is 1. The van der Waals surface area contributed by atoms with E-state index in [0.29, 0.717) is 6.54 Å². The Balaban J connectivity index is 2.27. The number of amides is 1. The SMILES string of the molecule is Cn1ncc(C(=O)O)c1N1CC(CN=[N+]=[N-])CC1=O. The molecule has 1 unspecified atom stereocenters. The van der Waals surface area contributed by atoms with Crippen molar-refractivity contribution in [3.8, 4) is 0 Å². The van der Waals surface area contributed by atoms with Crippen molar-refractivity contribution in [3.05, 3.63) is 22.2 Å². The van der Waals surface area contributed by atoms with Crippen LogP contribution in [0.3, 0.4) is 0 Å². The quantitative estimate of drug-likeness (QED) is 0.490. The van der Waals surface area contributed by atoms with Gasteiger partial charge < -0.3 is 5.11 Å². The third kappa shape index (κ3) is 2.36. The van der Waals surface area contributed by atoms with Gasteiger partial charge in [-0.25, -0.2) is 4.79 Å². The molecule has 1 amide bonds. The lowest BCUT2D eigenvalue weighted by Crippen LogP contribution is -2.28. The molecule has 1 fully saturated rings. The molecule has 1 atom stereocenters. The third-order valence-electron chi connectivity index (χ3n) is 3.00. The molecule has 0 bridgehead atoms. The summed E-state index contributed by atoms with van der Waals surface area (Å²) in [5.41, 5.74) is 8.26. The molecule has 19 heavy (non-hydrogen) atoms. The van der Waals surface area contributed by atoms with E-state index in [0.717, 1.165) is 0 Å². The molecule has 100 valence electrons. The summed E-state index contributed by atoms with van der Waals surface area (Å²) in [6.45, 7) is 0.552. The van der Waals surface area contributed by atoms with Crippen molar-refractivity contribution < 1.29 is 14.7 Å². The van der Waals surface area contributed by atoms with Crippen LogP contribution >= 0.6 is 0 Å². The molecule has 0 radical (unpaired) electrons. The molecule has 0 saturated carbocycles. The average Bonchev–Trinajstić information content (AvgIpc) is 2.90. The zero-order valence-electron chi connectivity index (χ0n) is 10.2. The molecular weight excluding hydrogens is 252 g/mol. The van der Waals surface area contributed by atoms with Crippen LogP contribution in [0.15, 0.2) is 11.3 Å². The van der Waals surface area contributed by atoms with Gasteiger partial charge in [0.25, 0.3) is 0 Å². The number of carbonyl (C=O) groups excluding carboxylic acids is 1. The molecule has 9 heteroatoms. The van der Waals surface area contributed by atoms with Crippen LogP contribution in [0.25, 0.3) is 10.4 Å². The predicted octanol–water partition coefficient (Wildman–Crippen LogP) is 0.782. The normalized spacial score (nSPS) is 18.5. The molecule has 2 rings (SSSR count). The molecule has 1 N–H and O–H groups in total. The number of aromatic nitrogens is 2. The Labute approximate surface area is 108 Å². The lowest BCUT2D eigenvalue weighted by atomic mass is 10.1. The first-order chi connectivity index (χ1) is 9.04. The van der Waals surface area contributed by atoms with Crippen LogP contribution in [0, 0.1) is 5.92 Å². The minimum atomic E-state index is -1.13. The van der Waals surface area contributed by atoms with E-state index in [4.69, 9.17) is 10.6 Å². The van der Waals surface area contributed by atoms with Gasteiger partial charge in [-0.05, 0) is 11.4 Å². The van der Waals surface area contributed by atoms with Crippen LogP contribution in [0.5, 0.6) is 0 Å². The summed E-state index contributed by atoms with van der Waals surface area (Å²) in [6, 6.07) is 0. The second kappa shape index (κ2) is 4.99. The Hall–Kier alpha value is -2.54. The van der Waals surface area contributed by atoms with Crippen molar-refractivity contribution in [2.45, 2.75) is 6.42 Å². The molecule has 0 aliphatic carbocycles. The lowest BCUT2D eigenvalue weighted by Gasteiger charge is -2.17. The Bertz CT molecular complexity index is 574. The summed E-state index contributed by atoms with van der Waals surface area (Å²) in [5, 5.41) is 16.4. The smallest absolute Gasteiger partial charge is 0.341 e. The van der Waals surface area contributed by atoms with Gasteiger partial charge in [0.1, 0.15) is 11.4 Å². The lowest BCUT2D eigenvalue weighted by molar-refractivity contribution is -0.117. The number of carbonyl (C=O) groups is 2. The number of anilines is 1. The number of aromatic carboxylic acids is 1. The van der Waals surface area contributed by atoms with Crippen molar-refractivity contribution in [1.82, 2.24) is 9.78 Å². The maximum absolute atomic E-state index is 11.9. The molecule has 9 nitrogen and oxygen atoms in total. The first-order valence-corrected chi connectivity index (χ1v) is 5.61. The molecule has 1 aliphatic heterocycles. The van der Waals surface area contributed by atoms with Gasteiger partial charge in [-0.3, -0.25) is 14.4 Å². The topological polar surface area (TPSA) is 124 Å². The van der Waals surface area contributed by atoms with Gasteiger partial charge in [0.15, 0.2) is 0 Å². The summed E-state index contributed by atoms with van der Waals surface area (Å²) < 4.78 is 1.36. The van der Waals surface area contributed by atoms with E-state index < -0.39 is 5.97 Å². The Morgan fingerprint density at radius 2 is 2.47 bits per heavy atom. The number of carboxylic acid groups (broad SMARTS) is 1. The molecule has 1 saturated heterocycles. The number of nitrogens with zero attached hydrogens (tertiary/aromatic N) is 6. The Morgan fingerprint density at radius 3 is 3.11 bits per heavy atom. The number of azide groups is 1. The van der Waals surface area contributed by atoms with Gasteiger partial charge in [-0.2, -0.15) is 5.10 Å². The molecule has 0 spiro atoms. The molecule has 1 aromatic rings. The molecule has 1 aromatic heterocycles. The highest BCUT2D eigenvalue weighted by Gasteiger charge is 2.34. The van der Waals surface area contributed by atoms with E-state index in [1.54, 1.807) is 7.05 Å². The van der Waals surface area contributed by atoms with Crippen LogP contribution < -0.4 is 4.90 Å². The zero-order valence-corrected chi connectivity index (χ0v) is 10.2. The summed E-state index contributed by atoms with van der Waals surface area (Å²) in [6.07, 6.45) is 1.45. The van der Waals surface area contributed by atoms with Gasteiger partial charge in [0, 0.05) is 31.5 Å². The number of rotatable bonds is 4. The highest BCUT2D eigenvalue weighted by molar-refractivity contribution is 6.02. The molecule has 1 aliphatic rings. The number of hydrogen-bond donors (Lipinski definition) is 1. The second-order valence-corrected chi connectivity index (χ2v) is 4.30.